The molecule has 1 aromatic carbocycles. The number of pyridine rings is 1. The van der Waals surface area contributed by atoms with Gasteiger partial charge in [-0.15, -0.1) is 0 Å². The van der Waals surface area contributed by atoms with Crippen molar-refractivity contribution in [1.29, 1.82) is 0 Å². The zero-order valence-electron chi connectivity index (χ0n) is 9.69. The van der Waals surface area contributed by atoms with Crippen LogP contribution in [0.25, 0.3) is 11.0 Å². The Morgan fingerprint density at radius 3 is 2.63 bits per heavy atom. The van der Waals surface area contributed by atoms with Gasteiger partial charge in [-0.2, -0.15) is 0 Å². The summed E-state index contributed by atoms with van der Waals surface area (Å²) in [5.41, 5.74) is 0.966. The van der Waals surface area contributed by atoms with E-state index < -0.39 is 15.8 Å². The highest BCUT2D eigenvalue weighted by molar-refractivity contribution is 7.90. The van der Waals surface area contributed by atoms with Crippen LogP contribution >= 0.6 is 0 Å². The SMILES string of the molecule is O=S(=O)(c1ccccc1F)n1ccc2ncccc21. The number of hydrogen-bond donors (Lipinski definition) is 0. The highest BCUT2D eigenvalue weighted by atomic mass is 32.2. The van der Waals surface area contributed by atoms with Gasteiger partial charge >= 0.3 is 0 Å². The molecule has 0 atom stereocenters. The summed E-state index contributed by atoms with van der Waals surface area (Å²) in [4.78, 5) is 3.70. The average Bonchev–Trinajstić information content (AvgIpc) is 2.83. The standard InChI is InChI=1S/C13H9FN2O2S/c14-10-4-1-2-6-13(10)19(17,18)16-9-7-11-12(16)5-3-8-15-11/h1-9H. The van der Waals surface area contributed by atoms with Crippen LogP contribution in [0.1, 0.15) is 0 Å². The summed E-state index contributed by atoms with van der Waals surface area (Å²) in [5.74, 6) is -0.770. The molecule has 3 aromatic rings. The normalized spacial score (nSPS) is 11.8. The molecule has 0 aliphatic heterocycles. The second-order valence-corrected chi connectivity index (χ2v) is 5.74. The molecule has 96 valence electrons. The fourth-order valence-electron chi connectivity index (χ4n) is 1.91. The maximum atomic E-state index is 13.7. The van der Waals surface area contributed by atoms with Crippen molar-refractivity contribution >= 4 is 21.1 Å². The van der Waals surface area contributed by atoms with Crippen LogP contribution in [0.15, 0.2) is 59.8 Å². The largest absolute Gasteiger partial charge is 0.271 e. The van der Waals surface area contributed by atoms with Gasteiger partial charge in [0.05, 0.1) is 11.0 Å². The highest BCUT2D eigenvalue weighted by Gasteiger charge is 2.22. The van der Waals surface area contributed by atoms with Gasteiger partial charge in [-0.05, 0) is 30.3 Å². The van der Waals surface area contributed by atoms with Crippen LogP contribution in [0.4, 0.5) is 4.39 Å². The number of nitrogens with zero attached hydrogens (tertiary/aromatic N) is 2. The monoisotopic (exact) mass is 276 g/mol. The van der Waals surface area contributed by atoms with Crippen molar-refractivity contribution in [2.24, 2.45) is 0 Å². The van der Waals surface area contributed by atoms with E-state index in [1.165, 1.54) is 24.4 Å². The predicted octanol–water partition coefficient (Wildman–Crippen LogP) is 2.41. The zero-order valence-corrected chi connectivity index (χ0v) is 10.5. The van der Waals surface area contributed by atoms with Gasteiger partial charge in [-0.25, -0.2) is 16.8 Å². The molecule has 3 rings (SSSR count). The molecule has 0 fully saturated rings. The van der Waals surface area contributed by atoms with E-state index in [-0.39, 0.29) is 4.90 Å². The molecule has 6 heteroatoms. The first kappa shape index (κ1) is 11.9. The lowest BCUT2D eigenvalue weighted by molar-refractivity contribution is 0.562. The van der Waals surface area contributed by atoms with Crippen molar-refractivity contribution in [3.63, 3.8) is 0 Å². The van der Waals surface area contributed by atoms with E-state index >= 15 is 0 Å². The summed E-state index contributed by atoms with van der Waals surface area (Å²) in [6.45, 7) is 0. The minimum atomic E-state index is -3.95. The van der Waals surface area contributed by atoms with Crippen molar-refractivity contribution in [2.75, 3.05) is 0 Å². The zero-order chi connectivity index (χ0) is 13.5. The fraction of sp³-hybridized carbons (Fsp3) is 0. The van der Waals surface area contributed by atoms with Crippen LogP contribution in [-0.2, 0) is 10.0 Å². The molecule has 4 nitrogen and oxygen atoms in total. The highest BCUT2D eigenvalue weighted by Crippen LogP contribution is 2.22. The Bertz CT molecular complexity index is 856. The van der Waals surface area contributed by atoms with Crippen molar-refractivity contribution in [2.45, 2.75) is 4.90 Å². The molecule has 0 spiro atoms. The van der Waals surface area contributed by atoms with E-state index in [0.717, 1.165) is 10.0 Å². The van der Waals surface area contributed by atoms with Crippen molar-refractivity contribution in [1.82, 2.24) is 8.96 Å². The summed E-state index contributed by atoms with van der Waals surface area (Å²) in [7, 11) is -3.95. The van der Waals surface area contributed by atoms with Crippen LogP contribution in [0, 0.1) is 5.82 Å². The van der Waals surface area contributed by atoms with Gasteiger partial charge < -0.3 is 0 Å². The van der Waals surface area contributed by atoms with E-state index in [4.69, 9.17) is 0 Å². The van der Waals surface area contributed by atoms with E-state index in [2.05, 4.69) is 4.98 Å². The van der Waals surface area contributed by atoms with Gasteiger partial charge in [0.1, 0.15) is 10.7 Å². The van der Waals surface area contributed by atoms with Gasteiger partial charge in [-0.3, -0.25) is 4.98 Å². The van der Waals surface area contributed by atoms with Gasteiger partial charge in [0.2, 0.25) is 0 Å². The number of fused-ring (bicyclic) bond motifs is 1. The van der Waals surface area contributed by atoms with Gasteiger partial charge in [0.15, 0.2) is 0 Å². The second-order valence-electron chi connectivity index (χ2n) is 3.95. The van der Waals surface area contributed by atoms with Gasteiger partial charge in [-0.1, -0.05) is 12.1 Å². The molecule has 0 radical (unpaired) electrons. The number of halogens is 1. The molecule has 0 saturated carbocycles. The quantitative estimate of drug-likeness (QED) is 0.722. The average molecular weight is 276 g/mol. The molecule has 0 amide bonds. The van der Waals surface area contributed by atoms with Crippen molar-refractivity contribution < 1.29 is 12.8 Å². The first-order chi connectivity index (χ1) is 9.10. The Morgan fingerprint density at radius 2 is 1.84 bits per heavy atom. The summed E-state index contributed by atoms with van der Waals surface area (Å²) in [6.07, 6.45) is 2.95. The molecule has 0 N–H and O–H groups in total. The minimum Gasteiger partial charge on any atom is -0.255 e. The van der Waals surface area contributed by atoms with Crippen molar-refractivity contribution in [3.05, 3.63) is 60.7 Å². The number of benzene rings is 1. The third kappa shape index (κ3) is 1.80. The summed E-state index contributed by atoms with van der Waals surface area (Å²) < 4.78 is 39.6. The van der Waals surface area contributed by atoms with E-state index in [1.807, 2.05) is 0 Å². The predicted molar refractivity (Wildman–Crippen MR) is 68.7 cm³/mol. The summed E-state index contributed by atoms with van der Waals surface area (Å²) in [6, 6.07) is 10.1. The summed E-state index contributed by atoms with van der Waals surface area (Å²) in [5, 5.41) is 0. The topological polar surface area (TPSA) is 52.0 Å². The molecular weight excluding hydrogens is 267 g/mol. The number of aromatic nitrogens is 2. The molecule has 0 saturated heterocycles. The Hall–Kier alpha value is -2.21. The van der Waals surface area contributed by atoms with E-state index in [0.29, 0.717) is 11.0 Å². The molecule has 2 heterocycles. The lowest BCUT2D eigenvalue weighted by atomic mass is 10.4. The Labute approximate surface area is 109 Å². The van der Waals surface area contributed by atoms with Crippen LogP contribution < -0.4 is 0 Å². The molecule has 2 aromatic heterocycles. The Morgan fingerprint density at radius 1 is 1.05 bits per heavy atom. The van der Waals surface area contributed by atoms with E-state index in [9.17, 15) is 12.8 Å². The number of rotatable bonds is 2. The smallest absolute Gasteiger partial charge is 0.255 e. The Kier molecular flexibility index (Phi) is 2.60. The van der Waals surface area contributed by atoms with E-state index in [1.54, 1.807) is 24.4 Å². The van der Waals surface area contributed by atoms with Crippen LogP contribution in [0.2, 0.25) is 0 Å². The first-order valence-corrected chi connectivity index (χ1v) is 6.97. The maximum Gasteiger partial charge on any atom is 0.271 e. The van der Waals surface area contributed by atoms with Gasteiger partial charge in [0, 0.05) is 12.4 Å². The molecule has 0 aliphatic carbocycles. The van der Waals surface area contributed by atoms with Gasteiger partial charge in [0.25, 0.3) is 10.0 Å². The molecule has 19 heavy (non-hydrogen) atoms. The Balaban J connectivity index is 2.29. The molecule has 0 aliphatic rings. The fourth-order valence-corrected chi connectivity index (χ4v) is 3.32. The lowest BCUT2D eigenvalue weighted by Crippen LogP contribution is -2.13. The summed E-state index contributed by atoms with van der Waals surface area (Å²) >= 11 is 0. The second kappa shape index (κ2) is 4.17. The third-order valence-electron chi connectivity index (χ3n) is 2.79. The molecular formula is C13H9FN2O2S. The molecule has 0 unspecified atom stereocenters. The van der Waals surface area contributed by atoms with Crippen LogP contribution in [0.3, 0.4) is 0 Å². The van der Waals surface area contributed by atoms with Crippen LogP contribution in [0.5, 0.6) is 0 Å². The first-order valence-electron chi connectivity index (χ1n) is 5.53. The minimum absolute atomic E-state index is 0.351. The third-order valence-corrected chi connectivity index (χ3v) is 4.52. The lowest BCUT2D eigenvalue weighted by Gasteiger charge is -2.07. The maximum absolute atomic E-state index is 13.7. The van der Waals surface area contributed by atoms with Crippen LogP contribution in [-0.4, -0.2) is 17.4 Å². The number of hydrogen-bond acceptors (Lipinski definition) is 3. The molecule has 0 bridgehead atoms. The van der Waals surface area contributed by atoms with Crippen molar-refractivity contribution in [3.8, 4) is 0 Å².